The van der Waals surface area contributed by atoms with Crippen LogP contribution in [0.2, 0.25) is 0 Å². The molecule has 2 heterocycles. The number of aryl methyl sites for hydroxylation is 1. The van der Waals surface area contributed by atoms with Crippen molar-refractivity contribution in [2.75, 3.05) is 13.1 Å². The van der Waals surface area contributed by atoms with Crippen LogP contribution in [0.25, 0.3) is 0 Å². The number of likely N-dealkylation sites (tertiary alicyclic amines) is 1. The maximum atomic E-state index is 12.6. The monoisotopic (exact) mass is 341 g/mol. The van der Waals surface area contributed by atoms with Gasteiger partial charge in [-0.25, -0.2) is 0 Å². The zero-order chi connectivity index (χ0) is 14.7. The highest BCUT2D eigenvalue weighted by atomic mass is 79.9. The van der Waals surface area contributed by atoms with Crippen molar-refractivity contribution in [2.45, 2.75) is 45.7 Å². The van der Waals surface area contributed by atoms with Crippen LogP contribution < -0.4 is 5.73 Å². The van der Waals surface area contributed by atoms with Gasteiger partial charge < -0.3 is 15.2 Å². The third kappa shape index (κ3) is 3.44. The first-order valence-corrected chi connectivity index (χ1v) is 8.22. The van der Waals surface area contributed by atoms with Gasteiger partial charge in [-0.15, -0.1) is 0 Å². The molecule has 0 bridgehead atoms. The molecule has 1 saturated heterocycles. The van der Waals surface area contributed by atoms with Crippen molar-refractivity contribution in [3.05, 3.63) is 22.4 Å². The lowest BCUT2D eigenvalue weighted by Gasteiger charge is -2.33. The van der Waals surface area contributed by atoms with E-state index in [0.29, 0.717) is 5.92 Å². The fourth-order valence-electron chi connectivity index (χ4n) is 2.87. The molecule has 0 spiro atoms. The standard InChI is InChI=1S/C15H24BrN3O/c1-3-6-19-10-13(16)9-14(19)15(20)18-7-4-12(5-8-18)11(2)17/h9-12H,3-8,17H2,1-2H3. The van der Waals surface area contributed by atoms with E-state index >= 15 is 0 Å². The molecule has 1 aliphatic heterocycles. The summed E-state index contributed by atoms with van der Waals surface area (Å²) in [5.41, 5.74) is 6.74. The molecule has 1 aliphatic rings. The number of nitrogens with two attached hydrogens (primary N) is 1. The largest absolute Gasteiger partial charge is 0.342 e. The minimum atomic E-state index is 0.146. The van der Waals surface area contributed by atoms with Gasteiger partial charge in [0, 0.05) is 36.3 Å². The predicted octanol–water partition coefficient (Wildman–Crippen LogP) is 2.86. The number of carbonyl (C=O) groups is 1. The lowest BCUT2D eigenvalue weighted by molar-refractivity contribution is 0.0670. The molecule has 2 N–H and O–H groups in total. The number of halogens is 1. The van der Waals surface area contributed by atoms with Gasteiger partial charge in [0.05, 0.1) is 0 Å². The molecule has 0 saturated carbocycles. The summed E-state index contributed by atoms with van der Waals surface area (Å²) in [7, 11) is 0. The third-order valence-electron chi connectivity index (χ3n) is 4.12. The summed E-state index contributed by atoms with van der Waals surface area (Å²) in [6, 6.07) is 2.15. The normalized spacial score (nSPS) is 18.3. The highest BCUT2D eigenvalue weighted by Gasteiger charge is 2.26. The van der Waals surface area contributed by atoms with E-state index in [9.17, 15) is 4.79 Å². The van der Waals surface area contributed by atoms with E-state index in [2.05, 4.69) is 29.8 Å². The van der Waals surface area contributed by atoms with Crippen LogP contribution in [0.15, 0.2) is 16.7 Å². The van der Waals surface area contributed by atoms with E-state index in [1.54, 1.807) is 0 Å². The first-order valence-electron chi connectivity index (χ1n) is 7.43. The highest BCUT2D eigenvalue weighted by molar-refractivity contribution is 9.10. The van der Waals surface area contributed by atoms with Crippen molar-refractivity contribution in [3.8, 4) is 0 Å². The first-order chi connectivity index (χ1) is 9.52. The Morgan fingerprint density at radius 3 is 2.70 bits per heavy atom. The average molecular weight is 342 g/mol. The SMILES string of the molecule is CCCn1cc(Br)cc1C(=O)N1CCC(C(C)N)CC1. The number of aromatic nitrogens is 1. The van der Waals surface area contributed by atoms with Gasteiger partial charge in [-0.2, -0.15) is 0 Å². The Morgan fingerprint density at radius 1 is 1.50 bits per heavy atom. The van der Waals surface area contributed by atoms with Crippen LogP contribution in [0.4, 0.5) is 0 Å². The molecule has 4 nitrogen and oxygen atoms in total. The summed E-state index contributed by atoms with van der Waals surface area (Å²) < 4.78 is 3.02. The van der Waals surface area contributed by atoms with E-state index in [0.717, 1.165) is 49.1 Å². The average Bonchev–Trinajstić information content (AvgIpc) is 2.79. The van der Waals surface area contributed by atoms with E-state index in [1.165, 1.54) is 0 Å². The van der Waals surface area contributed by atoms with Crippen molar-refractivity contribution < 1.29 is 4.79 Å². The summed E-state index contributed by atoms with van der Waals surface area (Å²) in [5, 5.41) is 0. The second-order valence-electron chi connectivity index (χ2n) is 5.73. The second-order valence-corrected chi connectivity index (χ2v) is 6.64. The summed E-state index contributed by atoms with van der Waals surface area (Å²) in [4.78, 5) is 14.6. The fourth-order valence-corrected chi connectivity index (χ4v) is 3.33. The molecule has 5 heteroatoms. The van der Waals surface area contributed by atoms with E-state index < -0.39 is 0 Å². The molecule has 1 amide bonds. The van der Waals surface area contributed by atoms with Gasteiger partial charge in [0.1, 0.15) is 5.69 Å². The Hall–Kier alpha value is -0.810. The van der Waals surface area contributed by atoms with Crippen molar-refractivity contribution in [2.24, 2.45) is 11.7 Å². The number of amides is 1. The van der Waals surface area contributed by atoms with Crippen LogP contribution in [0.5, 0.6) is 0 Å². The van der Waals surface area contributed by atoms with Gasteiger partial charge in [0.25, 0.3) is 5.91 Å². The molecule has 2 rings (SSSR count). The van der Waals surface area contributed by atoms with Crippen molar-refractivity contribution in [1.82, 2.24) is 9.47 Å². The van der Waals surface area contributed by atoms with Crippen LogP contribution in [-0.4, -0.2) is 34.5 Å². The molecule has 1 atom stereocenters. The Kier molecular flexibility index (Phi) is 5.27. The topological polar surface area (TPSA) is 51.3 Å². The van der Waals surface area contributed by atoms with Gasteiger partial charge in [0.2, 0.25) is 0 Å². The first kappa shape index (κ1) is 15.6. The maximum absolute atomic E-state index is 12.6. The number of piperidine rings is 1. The Labute approximate surface area is 129 Å². The summed E-state index contributed by atoms with van der Waals surface area (Å²) in [6.07, 6.45) is 5.04. The van der Waals surface area contributed by atoms with Crippen molar-refractivity contribution in [1.29, 1.82) is 0 Å². The molecule has 0 radical (unpaired) electrons. The molecule has 1 aromatic heterocycles. The maximum Gasteiger partial charge on any atom is 0.270 e. The second kappa shape index (κ2) is 6.76. The number of hydrogen-bond acceptors (Lipinski definition) is 2. The molecular weight excluding hydrogens is 318 g/mol. The van der Waals surface area contributed by atoms with Gasteiger partial charge in [-0.1, -0.05) is 6.92 Å². The fraction of sp³-hybridized carbons (Fsp3) is 0.667. The minimum Gasteiger partial charge on any atom is -0.342 e. The number of nitrogens with zero attached hydrogens (tertiary/aromatic N) is 2. The number of carbonyl (C=O) groups excluding carboxylic acids is 1. The van der Waals surface area contributed by atoms with Crippen LogP contribution in [-0.2, 0) is 6.54 Å². The molecule has 20 heavy (non-hydrogen) atoms. The highest BCUT2D eigenvalue weighted by Crippen LogP contribution is 2.23. The minimum absolute atomic E-state index is 0.146. The lowest BCUT2D eigenvalue weighted by atomic mass is 9.91. The molecule has 1 unspecified atom stereocenters. The molecule has 0 aliphatic carbocycles. The van der Waals surface area contributed by atoms with Crippen LogP contribution >= 0.6 is 15.9 Å². The van der Waals surface area contributed by atoms with E-state index in [-0.39, 0.29) is 11.9 Å². The van der Waals surface area contributed by atoms with E-state index in [4.69, 9.17) is 5.73 Å². The van der Waals surface area contributed by atoms with Crippen molar-refractivity contribution in [3.63, 3.8) is 0 Å². The third-order valence-corrected chi connectivity index (χ3v) is 4.55. The molecule has 0 aromatic carbocycles. The summed E-state index contributed by atoms with van der Waals surface area (Å²) in [5.74, 6) is 0.695. The number of hydrogen-bond donors (Lipinski definition) is 1. The molecule has 112 valence electrons. The Bertz CT molecular complexity index is 462. The van der Waals surface area contributed by atoms with Crippen LogP contribution in [0, 0.1) is 5.92 Å². The van der Waals surface area contributed by atoms with Gasteiger partial charge in [-0.05, 0) is 54.1 Å². The van der Waals surface area contributed by atoms with Crippen LogP contribution in [0.3, 0.4) is 0 Å². The van der Waals surface area contributed by atoms with Gasteiger partial charge in [0.15, 0.2) is 0 Å². The predicted molar refractivity (Wildman–Crippen MR) is 84.7 cm³/mol. The molecule has 1 aromatic rings. The van der Waals surface area contributed by atoms with Gasteiger partial charge >= 0.3 is 0 Å². The zero-order valence-electron chi connectivity index (χ0n) is 12.3. The van der Waals surface area contributed by atoms with Crippen LogP contribution in [0.1, 0.15) is 43.6 Å². The Balaban J connectivity index is 2.05. The Morgan fingerprint density at radius 2 is 2.15 bits per heavy atom. The van der Waals surface area contributed by atoms with Crippen molar-refractivity contribution >= 4 is 21.8 Å². The smallest absolute Gasteiger partial charge is 0.270 e. The molecule has 1 fully saturated rings. The molecular formula is C15H24BrN3O. The quantitative estimate of drug-likeness (QED) is 0.915. The van der Waals surface area contributed by atoms with Gasteiger partial charge in [-0.3, -0.25) is 4.79 Å². The number of rotatable bonds is 4. The lowest BCUT2D eigenvalue weighted by Crippen LogP contribution is -2.43. The van der Waals surface area contributed by atoms with E-state index in [1.807, 2.05) is 21.7 Å². The zero-order valence-corrected chi connectivity index (χ0v) is 13.9. The summed E-state index contributed by atoms with van der Waals surface area (Å²) in [6.45, 7) is 6.70. The summed E-state index contributed by atoms with van der Waals surface area (Å²) >= 11 is 3.47.